The smallest absolute Gasteiger partial charge is 0.245 e. The highest BCUT2D eigenvalue weighted by atomic mass is 16.2. The van der Waals surface area contributed by atoms with Gasteiger partial charge < -0.3 is 10.2 Å². The third-order valence-electron chi connectivity index (χ3n) is 2.92. The van der Waals surface area contributed by atoms with Crippen molar-refractivity contribution in [2.24, 2.45) is 5.92 Å². The van der Waals surface area contributed by atoms with Gasteiger partial charge in [0.05, 0.1) is 0 Å². The molecule has 1 aliphatic rings. The van der Waals surface area contributed by atoms with E-state index in [1.165, 1.54) is 0 Å². The summed E-state index contributed by atoms with van der Waals surface area (Å²) in [6, 6.07) is -0.647. The number of carbonyl (C=O) groups excluding carboxylic acids is 2. The minimum absolute atomic E-state index is 0.0290. The van der Waals surface area contributed by atoms with Crippen LogP contribution in [-0.4, -0.2) is 35.3 Å². The van der Waals surface area contributed by atoms with Crippen LogP contribution in [0.3, 0.4) is 0 Å². The third-order valence-corrected chi connectivity index (χ3v) is 2.92. The summed E-state index contributed by atoms with van der Waals surface area (Å²) < 4.78 is 0. The maximum atomic E-state index is 12.1. The van der Waals surface area contributed by atoms with Gasteiger partial charge in [-0.05, 0) is 25.7 Å². The lowest BCUT2D eigenvalue weighted by Gasteiger charge is -2.37. The van der Waals surface area contributed by atoms with Crippen molar-refractivity contribution in [3.8, 4) is 0 Å². The molecular formula is C12H22N2O2. The van der Waals surface area contributed by atoms with Gasteiger partial charge in [-0.15, -0.1) is 0 Å². The number of carbonyl (C=O) groups is 2. The number of amides is 2. The Morgan fingerprint density at radius 1 is 1.38 bits per heavy atom. The van der Waals surface area contributed by atoms with Gasteiger partial charge in [0.1, 0.15) is 12.1 Å². The summed E-state index contributed by atoms with van der Waals surface area (Å²) in [5.74, 6) is 0.451. The lowest BCUT2D eigenvalue weighted by molar-refractivity contribution is -0.149. The Morgan fingerprint density at radius 3 is 2.50 bits per heavy atom. The summed E-state index contributed by atoms with van der Waals surface area (Å²) >= 11 is 0. The lowest BCUT2D eigenvalue weighted by atomic mass is 9.99. The van der Waals surface area contributed by atoms with Crippen molar-refractivity contribution in [3.05, 3.63) is 0 Å². The van der Waals surface area contributed by atoms with Crippen molar-refractivity contribution in [2.45, 2.75) is 52.6 Å². The van der Waals surface area contributed by atoms with Crippen LogP contribution in [0.25, 0.3) is 0 Å². The van der Waals surface area contributed by atoms with Crippen LogP contribution in [0, 0.1) is 5.92 Å². The first-order valence-electron chi connectivity index (χ1n) is 6.08. The molecule has 2 atom stereocenters. The van der Waals surface area contributed by atoms with Gasteiger partial charge in [-0.1, -0.05) is 20.8 Å². The van der Waals surface area contributed by atoms with Gasteiger partial charge in [0, 0.05) is 6.54 Å². The molecule has 0 aromatic carbocycles. The molecule has 2 unspecified atom stereocenters. The highest BCUT2D eigenvalue weighted by Crippen LogP contribution is 2.15. The van der Waals surface area contributed by atoms with Gasteiger partial charge in [0.25, 0.3) is 0 Å². The first-order chi connectivity index (χ1) is 7.47. The second-order valence-electron chi connectivity index (χ2n) is 4.90. The van der Waals surface area contributed by atoms with Crippen molar-refractivity contribution in [1.82, 2.24) is 10.2 Å². The average Bonchev–Trinajstić information content (AvgIpc) is 2.20. The van der Waals surface area contributed by atoms with E-state index in [2.05, 4.69) is 19.2 Å². The molecule has 1 rings (SSSR count). The third kappa shape index (κ3) is 2.74. The largest absolute Gasteiger partial charge is 0.343 e. The molecule has 4 heteroatoms. The maximum absolute atomic E-state index is 12.1. The molecule has 4 nitrogen and oxygen atoms in total. The predicted molar refractivity (Wildman–Crippen MR) is 62.9 cm³/mol. The molecule has 0 aromatic heterocycles. The van der Waals surface area contributed by atoms with Gasteiger partial charge in [-0.25, -0.2) is 0 Å². The van der Waals surface area contributed by atoms with E-state index in [-0.39, 0.29) is 23.9 Å². The Hall–Kier alpha value is -1.06. The van der Waals surface area contributed by atoms with Crippen molar-refractivity contribution >= 4 is 11.8 Å². The Bertz CT molecular complexity index is 276. The van der Waals surface area contributed by atoms with Crippen LogP contribution in [0.1, 0.15) is 40.5 Å². The molecule has 0 aromatic rings. The van der Waals surface area contributed by atoms with E-state index in [1.807, 2.05) is 6.92 Å². The molecule has 1 N–H and O–H groups in total. The Morgan fingerprint density at radius 2 is 2.00 bits per heavy atom. The number of hydrogen-bond donors (Lipinski definition) is 1. The molecule has 0 bridgehead atoms. The Kier molecular flexibility index (Phi) is 4.33. The molecule has 0 saturated carbocycles. The van der Waals surface area contributed by atoms with Crippen LogP contribution < -0.4 is 5.32 Å². The van der Waals surface area contributed by atoms with Crippen LogP contribution in [-0.2, 0) is 9.59 Å². The van der Waals surface area contributed by atoms with E-state index >= 15 is 0 Å². The molecule has 0 aliphatic carbocycles. The SMILES string of the molecule is CCCN1C(=O)C(CC(C)C)NC(=O)C1C. The minimum Gasteiger partial charge on any atom is -0.343 e. The summed E-state index contributed by atoms with van der Waals surface area (Å²) in [7, 11) is 0. The number of rotatable bonds is 4. The van der Waals surface area contributed by atoms with Gasteiger partial charge in [0.2, 0.25) is 11.8 Å². The Labute approximate surface area is 97.4 Å². The molecule has 2 amide bonds. The molecule has 1 saturated heterocycles. The van der Waals surface area contributed by atoms with E-state index in [0.717, 1.165) is 12.8 Å². The molecule has 1 aliphatic heterocycles. The summed E-state index contributed by atoms with van der Waals surface area (Å²) in [6.07, 6.45) is 1.61. The highest BCUT2D eigenvalue weighted by Gasteiger charge is 2.37. The van der Waals surface area contributed by atoms with Gasteiger partial charge in [-0.3, -0.25) is 9.59 Å². The second-order valence-corrected chi connectivity index (χ2v) is 4.90. The Balaban J connectivity index is 2.76. The van der Waals surface area contributed by atoms with E-state index in [4.69, 9.17) is 0 Å². The monoisotopic (exact) mass is 226 g/mol. The standard InChI is InChI=1S/C12H22N2O2/c1-5-6-14-9(4)11(15)13-10(12(14)16)7-8(2)3/h8-10H,5-7H2,1-4H3,(H,13,15). The van der Waals surface area contributed by atoms with Gasteiger partial charge in [0.15, 0.2) is 0 Å². The average molecular weight is 226 g/mol. The first kappa shape index (κ1) is 13.0. The molecule has 1 heterocycles. The van der Waals surface area contributed by atoms with Crippen molar-refractivity contribution < 1.29 is 9.59 Å². The number of nitrogens with zero attached hydrogens (tertiary/aromatic N) is 1. The summed E-state index contributed by atoms with van der Waals surface area (Å²) in [6.45, 7) is 8.59. The zero-order valence-electron chi connectivity index (χ0n) is 10.6. The van der Waals surface area contributed by atoms with E-state index in [1.54, 1.807) is 11.8 Å². The molecular weight excluding hydrogens is 204 g/mol. The number of hydrogen-bond acceptors (Lipinski definition) is 2. The molecule has 0 spiro atoms. The zero-order valence-corrected chi connectivity index (χ0v) is 10.6. The second kappa shape index (κ2) is 5.32. The summed E-state index contributed by atoms with van der Waals surface area (Å²) in [5, 5.41) is 2.81. The molecule has 16 heavy (non-hydrogen) atoms. The molecule has 1 fully saturated rings. The number of piperazine rings is 1. The van der Waals surface area contributed by atoms with Gasteiger partial charge >= 0.3 is 0 Å². The van der Waals surface area contributed by atoms with Crippen molar-refractivity contribution in [3.63, 3.8) is 0 Å². The summed E-state index contributed by atoms with van der Waals surface area (Å²) in [5.41, 5.74) is 0. The summed E-state index contributed by atoms with van der Waals surface area (Å²) in [4.78, 5) is 25.5. The normalized spacial score (nSPS) is 26.2. The highest BCUT2D eigenvalue weighted by molar-refractivity contribution is 5.96. The maximum Gasteiger partial charge on any atom is 0.245 e. The van der Waals surface area contributed by atoms with Gasteiger partial charge in [-0.2, -0.15) is 0 Å². The van der Waals surface area contributed by atoms with E-state index < -0.39 is 0 Å². The topological polar surface area (TPSA) is 49.4 Å². The fourth-order valence-electron chi connectivity index (χ4n) is 2.06. The zero-order chi connectivity index (χ0) is 12.3. The predicted octanol–water partition coefficient (Wildman–Crippen LogP) is 1.16. The quantitative estimate of drug-likeness (QED) is 0.782. The van der Waals surface area contributed by atoms with E-state index in [0.29, 0.717) is 12.5 Å². The van der Waals surface area contributed by atoms with E-state index in [9.17, 15) is 9.59 Å². The van der Waals surface area contributed by atoms with Crippen molar-refractivity contribution in [2.75, 3.05) is 6.54 Å². The number of nitrogens with one attached hydrogen (secondary N) is 1. The fourth-order valence-corrected chi connectivity index (χ4v) is 2.06. The van der Waals surface area contributed by atoms with Crippen LogP contribution in [0.2, 0.25) is 0 Å². The lowest BCUT2D eigenvalue weighted by Crippen LogP contribution is -2.62. The molecule has 92 valence electrons. The molecule has 0 radical (unpaired) electrons. The minimum atomic E-state index is -0.324. The van der Waals surface area contributed by atoms with Crippen LogP contribution >= 0.6 is 0 Å². The first-order valence-corrected chi connectivity index (χ1v) is 6.08. The van der Waals surface area contributed by atoms with Crippen molar-refractivity contribution in [1.29, 1.82) is 0 Å². The van der Waals surface area contributed by atoms with Crippen LogP contribution in [0.4, 0.5) is 0 Å². The van der Waals surface area contributed by atoms with Crippen LogP contribution in [0.15, 0.2) is 0 Å². The fraction of sp³-hybridized carbons (Fsp3) is 0.833. The van der Waals surface area contributed by atoms with Crippen LogP contribution in [0.5, 0.6) is 0 Å².